The van der Waals surface area contributed by atoms with Gasteiger partial charge in [-0.05, 0) is 66.6 Å². The molecule has 6 nitrogen and oxygen atoms in total. The van der Waals surface area contributed by atoms with E-state index in [0.717, 1.165) is 27.8 Å². The van der Waals surface area contributed by atoms with Crippen LogP contribution in [0.3, 0.4) is 0 Å². The molecule has 0 saturated carbocycles. The quantitative estimate of drug-likeness (QED) is 0.313. The molecule has 0 bridgehead atoms. The zero-order chi connectivity index (χ0) is 26.5. The third-order valence-electron chi connectivity index (χ3n) is 6.86. The van der Waals surface area contributed by atoms with E-state index in [1.165, 1.54) is 0 Å². The zero-order valence-corrected chi connectivity index (χ0v) is 22.6. The molecule has 5 unspecified atom stereocenters. The number of fused-ring (bicyclic) bond motifs is 1. The van der Waals surface area contributed by atoms with E-state index in [1.54, 1.807) is 12.1 Å². The van der Waals surface area contributed by atoms with Gasteiger partial charge in [0.25, 0.3) is 0 Å². The molecule has 4 rings (SSSR count). The number of carbonyl (C=O) groups is 1. The van der Waals surface area contributed by atoms with Crippen LogP contribution in [0.5, 0.6) is 0 Å². The molecule has 196 valence electrons. The molecule has 4 N–H and O–H groups in total. The summed E-state index contributed by atoms with van der Waals surface area (Å²) in [5, 5.41) is 25.1. The number of hydrogen-bond donors (Lipinski definition) is 4. The normalized spacial score (nSPS) is 19.2. The highest BCUT2D eigenvalue weighted by molar-refractivity contribution is 7.83. The summed E-state index contributed by atoms with van der Waals surface area (Å²) in [6, 6.07) is 20.4. The van der Waals surface area contributed by atoms with Gasteiger partial charge in [-0.2, -0.15) is 0 Å². The number of aliphatic hydroxyl groups is 2. The molecule has 0 spiro atoms. The standard InChI is InChI=1S/C29H33ClN2O4S/c1-18-13-27(19(2)12-25(18)30)37(36)31-17-23(33)15-22(14-20-8-4-3-5-9-20)29(35)32-28-24-11-7-6-10-21(24)16-26(28)34/h3-13,22-23,26,28,31,33-34H,14-17H2,1-2H3,(H,32,35). The van der Waals surface area contributed by atoms with Crippen molar-refractivity contribution < 1.29 is 19.2 Å². The highest BCUT2D eigenvalue weighted by Crippen LogP contribution is 2.32. The fraction of sp³-hybridized carbons (Fsp3) is 0.345. The summed E-state index contributed by atoms with van der Waals surface area (Å²) in [7, 11) is -1.53. The first kappa shape index (κ1) is 27.5. The van der Waals surface area contributed by atoms with Crippen LogP contribution in [0.25, 0.3) is 0 Å². The van der Waals surface area contributed by atoms with E-state index in [1.807, 2.05) is 68.4 Å². The number of carbonyl (C=O) groups excluding carboxylic acids is 1. The Hall–Kier alpha value is -2.55. The van der Waals surface area contributed by atoms with Crippen LogP contribution in [-0.4, -0.2) is 39.1 Å². The minimum Gasteiger partial charge on any atom is -0.392 e. The minimum absolute atomic E-state index is 0.0567. The summed E-state index contributed by atoms with van der Waals surface area (Å²) in [6.45, 7) is 3.75. The molecule has 0 radical (unpaired) electrons. The van der Waals surface area contributed by atoms with E-state index >= 15 is 0 Å². The van der Waals surface area contributed by atoms with Crippen LogP contribution in [-0.2, 0) is 28.6 Å². The van der Waals surface area contributed by atoms with Crippen molar-refractivity contribution in [2.45, 2.75) is 56.3 Å². The van der Waals surface area contributed by atoms with Gasteiger partial charge in [-0.1, -0.05) is 66.2 Å². The van der Waals surface area contributed by atoms with Gasteiger partial charge in [0.2, 0.25) is 5.91 Å². The van der Waals surface area contributed by atoms with Crippen LogP contribution in [0.2, 0.25) is 5.02 Å². The summed E-state index contributed by atoms with van der Waals surface area (Å²) in [4.78, 5) is 14.1. The van der Waals surface area contributed by atoms with Gasteiger partial charge in [0.1, 0.15) is 11.0 Å². The molecule has 1 aliphatic rings. The van der Waals surface area contributed by atoms with Crippen molar-refractivity contribution in [1.29, 1.82) is 0 Å². The van der Waals surface area contributed by atoms with Crippen LogP contribution in [0.1, 0.15) is 40.3 Å². The fourth-order valence-electron chi connectivity index (χ4n) is 4.82. The second kappa shape index (κ2) is 12.3. The number of rotatable bonds is 10. The second-order valence-electron chi connectivity index (χ2n) is 9.72. The van der Waals surface area contributed by atoms with Crippen LogP contribution in [0, 0.1) is 19.8 Å². The highest BCUT2D eigenvalue weighted by Gasteiger charge is 2.34. The van der Waals surface area contributed by atoms with Crippen molar-refractivity contribution in [3.8, 4) is 0 Å². The fourth-order valence-corrected chi connectivity index (χ4v) is 6.17. The van der Waals surface area contributed by atoms with E-state index in [9.17, 15) is 19.2 Å². The Bertz CT molecular complexity index is 1270. The summed E-state index contributed by atoms with van der Waals surface area (Å²) in [6.07, 6.45) is -0.496. The molecule has 0 saturated heterocycles. The van der Waals surface area contributed by atoms with Crippen molar-refractivity contribution in [3.63, 3.8) is 0 Å². The third-order valence-corrected chi connectivity index (χ3v) is 8.54. The Kier molecular flexibility index (Phi) is 9.16. The van der Waals surface area contributed by atoms with Crippen LogP contribution in [0.15, 0.2) is 71.6 Å². The molecule has 0 heterocycles. The van der Waals surface area contributed by atoms with Gasteiger partial charge in [0, 0.05) is 23.9 Å². The Morgan fingerprint density at radius 1 is 1.08 bits per heavy atom. The Morgan fingerprint density at radius 2 is 1.78 bits per heavy atom. The first-order chi connectivity index (χ1) is 17.7. The van der Waals surface area contributed by atoms with Crippen molar-refractivity contribution in [1.82, 2.24) is 10.0 Å². The number of halogens is 1. The van der Waals surface area contributed by atoms with Crippen molar-refractivity contribution in [2.75, 3.05) is 6.54 Å². The lowest BCUT2D eigenvalue weighted by Gasteiger charge is -2.24. The molecule has 3 aromatic rings. The minimum atomic E-state index is -1.53. The van der Waals surface area contributed by atoms with Crippen molar-refractivity contribution in [2.24, 2.45) is 5.92 Å². The number of hydrogen-bond acceptors (Lipinski definition) is 4. The summed E-state index contributed by atoms with van der Waals surface area (Å²) >= 11 is 6.16. The number of amides is 1. The molecule has 0 aromatic heterocycles. The largest absolute Gasteiger partial charge is 0.392 e. The second-order valence-corrected chi connectivity index (χ2v) is 11.4. The maximum Gasteiger partial charge on any atom is 0.224 e. The van der Waals surface area contributed by atoms with Gasteiger partial charge in [0.05, 0.1) is 23.1 Å². The molecule has 0 fully saturated rings. The lowest BCUT2D eigenvalue weighted by atomic mass is 9.92. The zero-order valence-electron chi connectivity index (χ0n) is 21.0. The van der Waals surface area contributed by atoms with Gasteiger partial charge >= 0.3 is 0 Å². The number of nitrogens with one attached hydrogen (secondary N) is 2. The van der Waals surface area contributed by atoms with Crippen LogP contribution in [0.4, 0.5) is 0 Å². The maximum absolute atomic E-state index is 13.4. The molecular weight excluding hydrogens is 508 g/mol. The molecular formula is C29H33ClN2O4S. The van der Waals surface area contributed by atoms with Gasteiger partial charge in [-0.3, -0.25) is 4.79 Å². The van der Waals surface area contributed by atoms with Gasteiger partial charge in [0.15, 0.2) is 0 Å². The van der Waals surface area contributed by atoms with E-state index in [2.05, 4.69) is 10.0 Å². The first-order valence-electron chi connectivity index (χ1n) is 12.4. The molecule has 37 heavy (non-hydrogen) atoms. The molecule has 1 aliphatic carbocycles. The Labute approximate surface area is 225 Å². The Morgan fingerprint density at radius 3 is 2.54 bits per heavy atom. The predicted molar refractivity (Wildman–Crippen MR) is 147 cm³/mol. The van der Waals surface area contributed by atoms with Crippen LogP contribution < -0.4 is 10.0 Å². The monoisotopic (exact) mass is 540 g/mol. The SMILES string of the molecule is Cc1cc(S(=O)NCC(O)CC(Cc2ccccc2)C(=O)NC2c3ccccc3CC2O)c(C)cc1Cl. The topological polar surface area (TPSA) is 98.7 Å². The lowest BCUT2D eigenvalue weighted by Crippen LogP contribution is -2.41. The number of aliphatic hydroxyl groups excluding tert-OH is 2. The van der Waals surface area contributed by atoms with E-state index in [4.69, 9.17) is 11.6 Å². The summed E-state index contributed by atoms with van der Waals surface area (Å²) in [5.41, 5.74) is 4.55. The van der Waals surface area contributed by atoms with Crippen molar-refractivity contribution >= 4 is 28.5 Å². The van der Waals surface area contributed by atoms with Gasteiger partial charge in [-0.25, -0.2) is 8.93 Å². The predicted octanol–water partition coefficient (Wildman–Crippen LogP) is 3.95. The number of benzene rings is 3. The van der Waals surface area contributed by atoms with Crippen LogP contribution >= 0.6 is 11.6 Å². The van der Waals surface area contributed by atoms with Gasteiger partial charge in [-0.15, -0.1) is 0 Å². The molecule has 1 amide bonds. The van der Waals surface area contributed by atoms with E-state index in [-0.39, 0.29) is 18.9 Å². The van der Waals surface area contributed by atoms with Gasteiger partial charge < -0.3 is 15.5 Å². The average molecular weight is 541 g/mol. The van der Waals surface area contributed by atoms with Crippen molar-refractivity contribution in [3.05, 3.63) is 99.6 Å². The third kappa shape index (κ3) is 6.86. The smallest absolute Gasteiger partial charge is 0.224 e. The molecule has 5 atom stereocenters. The summed E-state index contributed by atoms with van der Waals surface area (Å²) < 4.78 is 15.8. The van der Waals surface area contributed by atoms with E-state index < -0.39 is 35.2 Å². The molecule has 3 aromatic carbocycles. The van der Waals surface area contributed by atoms with E-state index in [0.29, 0.717) is 22.8 Å². The average Bonchev–Trinajstić information content (AvgIpc) is 3.19. The number of aryl methyl sites for hydroxylation is 2. The Balaban J connectivity index is 1.43. The summed E-state index contributed by atoms with van der Waals surface area (Å²) in [5.74, 6) is -0.763. The maximum atomic E-state index is 13.4. The first-order valence-corrected chi connectivity index (χ1v) is 14.0. The highest BCUT2D eigenvalue weighted by atomic mass is 35.5. The molecule has 0 aliphatic heterocycles. The lowest BCUT2D eigenvalue weighted by molar-refractivity contribution is -0.127. The molecule has 8 heteroatoms.